The maximum absolute atomic E-state index is 12.5. The molecule has 1 heterocycles. The van der Waals surface area contributed by atoms with Crippen molar-refractivity contribution in [1.29, 1.82) is 0 Å². The van der Waals surface area contributed by atoms with E-state index in [1.807, 2.05) is 31.2 Å². The van der Waals surface area contributed by atoms with Gasteiger partial charge in [-0.05, 0) is 57.2 Å². The lowest BCUT2D eigenvalue weighted by Gasteiger charge is -2.12. The van der Waals surface area contributed by atoms with Crippen molar-refractivity contribution in [3.63, 3.8) is 0 Å². The van der Waals surface area contributed by atoms with E-state index in [1.54, 1.807) is 13.8 Å². The Hall–Kier alpha value is -2.71. The van der Waals surface area contributed by atoms with Gasteiger partial charge in [-0.3, -0.25) is 4.79 Å². The van der Waals surface area contributed by atoms with E-state index in [-0.39, 0.29) is 22.9 Å². The van der Waals surface area contributed by atoms with Crippen molar-refractivity contribution >= 4 is 27.0 Å². The summed E-state index contributed by atoms with van der Waals surface area (Å²) in [5.74, 6) is 0.355. The Bertz CT molecular complexity index is 1020. The molecule has 1 aromatic heterocycles. The first kappa shape index (κ1) is 19.1. The molecule has 3 rings (SSSR count). The summed E-state index contributed by atoms with van der Waals surface area (Å²) in [6.45, 7) is 5.33. The Morgan fingerprint density at radius 3 is 2.33 bits per heavy atom. The van der Waals surface area contributed by atoms with Gasteiger partial charge in [0.25, 0.3) is 5.91 Å². The average Bonchev–Trinajstić information content (AvgIpc) is 3.05. The van der Waals surface area contributed by atoms with Crippen molar-refractivity contribution < 1.29 is 13.2 Å². The van der Waals surface area contributed by atoms with Crippen LogP contribution in [0.3, 0.4) is 0 Å². The first-order valence-electron chi connectivity index (χ1n) is 8.64. The fourth-order valence-electron chi connectivity index (χ4n) is 2.69. The molecule has 2 aromatic carbocycles. The topological polar surface area (TPSA) is 104 Å². The highest BCUT2D eigenvalue weighted by atomic mass is 32.2. The number of nitrogens with zero attached hydrogens (tertiary/aromatic N) is 1. The van der Waals surface area contributed by atoms with E-state index < -0.39 is 10.0 Å². The second-order valence-corrected chi connectivity index (χ2v) is 8.35. The van der Waals surface area contributed by atoms with E-state index in [9.17, 15) is 13.2 Å². The number of carbonyl (C=O) groups excluding carboxylic acids is 1. The van der Waals surface area contributed by atoms with Crippen molar-refractivity contribution in [2.24, 2.45) is 0 Å². The molecular formula is C19H22N4O3S. The quantitative estimate of drug-likeness (QED) is 0.606. The number of para-hydroxylation sites is 2. The van der Waals surface area contributed by atoms with Crippen LogP contribution in [0.5, 0.6) is 0 Å². The van der Waals surface area contributed by atoms with Crippen molar-refractivity contribution in [1.82, 2.24) is 20.0 Å². The number of aromatic amines is 1. The average molecular weight is 386 g/mol. The van der Waals surface area contributed by atoms with Crippen LogP contribution in [0.2, 0.25) is 0 Å². The van der Waals surface area contributed by atoms with Crippen LogP contribution in [-0.4, -0.2) is 30.3 Å². The Labute approximate surface area is 158 Å². The number of carbonyl (C=O) groups is 1. The third-order valence-corrected chi connectivity index (χ3v) is 5.66. The summed E-state index contributed by atoms with van der Waals surface area (Å²) in [4.78, 5) is 20.2. The van der Waals surface area contributed by atoms with Gasteiger partial charge in [-0.25, -0.2) is 18.1 Å². The highest BCUT2D eigenvalue weighted by Crippen LogP contribution is 2.17. The Kier molecular flexibility index (Phi) is 5.29. The number of hydrogen-bond donors (Lipinski definition) is 3. The van der Waals surface area contributed by atoms with Gasteiger partial charge in [0, 0.05) is 11.6 Å². The Balaban J connectivity index is 1.72. The minimum absolute atomic E-state index is 0.123. The predicted molar refractivity (Wildman–Crippen MR) is 104 cm³/mol. The molecule has 0 radical (unpaired) electrons. The minimum atomic E-state index is -3.58. The van der Waals surface area contributed by atoms with Crippen molar-refractivity contribution in [2.75, 3.05) is 0 Å². The van der Waals surface area contributed by atoms with Gasteiger partial charge < -0.3 is 10.3 Å². The zero-order chi connectivity index (χ0) is 19.6. The molecule has 8 heteroatoms. The van der Waals surface area contributed by atoms with Crippen molar-refractivity contribution in [3.8, 4) is 0 Å². The largest absolute Gasteiger partial charge is 0.342 e. The van der Waals surface area contributed by atoms with Crippen LogP contribution >= 0.6 is 0 Å². The molecule has 0 aliphatic carbocycles. The van der Waals surface area contributed by atoms with Crippen molar-refractivity contribution in [2.45, 2.75) is 37.8 Å². The first-order valence-corrected chi connectivity index (χ1v) is 10.1. The summed E-state index contributed by atoms with van der Waals surface area (Å²) < 4.78 is 26.8. The van der Waals surface area contributed by atoms with Crippen LogP contribution in [-0.2, 0) is 10.0 Å². The molecule has 7 nitrogen and oxygen atoms in total. The molecule has 1 amide bonds. The monoisotopic (exact) mass is 386 g/mol. The zero-order valence-electron chi connectivity index (χ0n) is 15.4. The number of rotatable bonds is 6. The van der Waals surface area contributed by atoms with E-state index in [1.165, 1.54) is 24.3 Å². The second kappa shape index (κ2) is 7.50. The molecule has 0 bridgehead atoms. The molecule has 1 atom stereocenters. The molecule has 0 saturated heterocycles. The Morgan fingerprint density at radius 1 is 1.04 bits per heavy atom. The standard InChI is InChI=1S/C19H22N4O3S/c1-12(2)23-27(25,26)15-10-8-14(9-11-15)19(24)20-13(3)18-21-16-6-4-5-7-17(16)22-18/h4-13,23H,1-3H3,(H,20,24)(H,21,22). The molecule has 0 fully saturated rings. The predicted octanol–water partition coefficient (Wildman–Crippen LogP) is 2.74. The molecule has 3 aromatic rings. The summed E-state index contributed by atoms with van der Waals surface area (Å²) in [7, 11) is -3.58. The smallest absolute Gasteiger partial charge is 0.251 e. The lowest BCUT2D eigenvalue weighted by molar-refractivity contribution is 0.0938. The molecule has 0 saturated carbocycles. The van der Waals surface area contributed by atoms with Crippen LogP contribution < -0.4 is 10.0 Å². The number of fused-ring (bicyclic) bond motifs is 1. The van der Waals surface area contributed by atoms with E-state index >= 15 is 0 Å². The molecule has 0 spiro atoms. The summed E-state index contributed by atoms with van der Waals surface area (Å²) in [6.07, 6.45) is 0. The lowest BCUT2D eigenvalue weighted by atomic mass is 10.2. The molecule has 3 N–H and O–H groups in total. The molecule has 0 aliphatic rings. The number of H-pyrrole nitrogens is 1. The number of aromatic nitrogens is 2. The van der Waals surface area contributed by atoms with Crippen LogP contribution in [0.25, 0.3) is 11.0 Å². The maximum atomic E-state index is 12.5. The Morgan fingerprint density at radius 2 is 1.70 bits per heavy atom. The highest BCUT2D eigenvalue weighted by molar-refractivity contribution is 7.89. The van der Waals surface area contributed by atoms with E-state index in [0.29, 0.717) is 11.4 Å². The molecule has 0 aliphatic heterocycles. The molecule has 142 valence electrons. The third-order valence-electron chi connectivity index (χ3n) is 3.98. The molecule has 27 heavy (non-hydrogen) atoms. The first-order chi connectivity index (χ1) is 12.8. The molecule has 1 unspecified atom stereocenters. The third kappa shape index (κ3) is 4.35. The van der Waals surface area contributed by atoms with E-state index in [0.717, 1.165) is 11.0 Å². The van der Waals surface area contributed by atoms with Gasteiger partial charge in [0.05, 0.1) is 22.0 Å². The number of amides is 1. The number of sulfonamides is 1. The normalized spacial score (nSPS) is 13.0. The number of hydrogen-bond acceptors (Lipinski definition) is 4. The van der Waals surface area contributed by atoms with Gasteiger partial charge in [-0.2, -0.15) is 0 Å². The minimum Gasteiger partial charge on any atom is -0.342 e. The van der Waals surface area contributed by atoms with Crippen LogP contribution in [0.15, 0.2) is 53.4 Å². The van der Waals surface area contributed by atoms with E-state index in [2.05, 4.69) is 20.0 Å². The fourth-order valence-corrected chi connectivity index (χ4v) is 3.94. The van der Waals surface area contributed by atoms with Crippen molar-refractivity contribution in [3.05, 3.63) is 59.9 Å². The van der Waals surface area contributed by atoms with Gasteiger partial charge in [0.1, 0.15) is 5.82 Å². The number of nitrogens with one attached hydrogen (secondary N) is 3. The van der Waals surface area contributed by atoms with Gasteiger partial charge in [0.15, 0.2) is 0 Å². The summed E-state index contributed by atoms with van der Waals surface area (Å²) in [6, 6.07) is 12.9. The summed E-state index contributed by atoms with van der Waals surface area (Å²) in [5.41, 5.74) is 2.11. The maximum Gasteiger partial charge on any atom is 0.251 e. The number of benzene rings is 2. The molecular weight excluding hydrogens is 364 g/mol. The van der Waals surface area contributed by atoms with Gasteiger partial charge in [-0.1, -0.05) is 12.1 Å². The van der Waals surface area contributed by atoms with Gasteiger partial charge in [0.2, 0.25) is 10.0 Å². The zero-order valence-corrected chi connectivity index (χ0v) is 16.2. The fraction of sp³-hybridized carbons (Fsp3) is 0.263. The van der Waals surface area contributed by atoms with Crippen LogP contribution in [0, 0.1) is 0 Å². The second-order valence-electron chi connectivity index (χ2n) is 6.63. The van der Waals surface area contributed by atoms with Crippen LogP contribution in [0.4, 0.5) is 0 Å². The summed E-state index contributed by atoms with van der Waals surface area (Å²) >= 11 is 0. The SMILES string of the molecule is CC(C)NS(=O)(=O)c1ccc(C(=O)NC(C)c2nc3ccccc3[nH]2)cc1. The van der Waals surface area contributed by atoms with E-state index in [4.69, 9.17) is 0 Å². The van der Waals surface area contributed by atoms with Crippen LogP contribution in [0.1, 0.15) is 43.0 Å². The summed E-state index contributed by atoms with van der Waals surface area (Å²) in [5, 5.41) is 2.87. The van der Waals surface area contributed by atoms with Gasteiger partial charge >= 0.3 is 0 Å². The lowest BCUT2D eigenvalue weighted by Crippen LogP contribution is -2.30. The number of imidazole rings is 1. The van der Waals surface area contributed by atoms with Gasteiger partial charge in [-0.15, -0.1) is 0 Å². The highest BCUT2D eigenvalue weighted by Gasteiger charge is 2.18.